The Balaban J connectivity index is 0.000000162. The van der Waals surface area contributed by atoms with Gasteiger partial charge in [0.05, 0.1) is 79.5 Å². The second-order valence-electron chi connectivity index (χ2n) is 16.7. The summed E-state index contributed by atoms with van der Waals surface area (Å²) in [5, 5.41) is 0. The van der Waals surface area contributed by atoms with Crippen LogP contribution in [0.4, 0.5) is 40.8 Å². The van der Waals surface area contributed by atoms with Crippen molar-refractivity contribution in [3.63, 3.8) is 0 Å². The molecular weight excluding hydrogens is 837 g/mol. The van der Waals surface area contributed by atoms with E-state index in [0.717, 1.165) is 0 Å². The summed E-state index contributed by atoms with van der Waals surface area (Å²) >= 11 is 0. The molecule has 0 amide bonds. The van der Waals surface area contributed by atoms with Crippen molar-refractivity contribution >= 4 is 45.3 Å². The number of anilines is 4. The molecule has 2 atom stereocenters. The fourth-order valence-electron chi connectivity index (χ4n) is 8.51. The molecule has 0 unspecified atom stereocenters. The van der Waals surface area contributed by atoms with Crippen molar-refractivity contribution in [2.45, 2.75) is 58.3 Å². The van der Waals surface area contributed by atoms with Gasteiger partial charge in [0.25, 0.3) is 12.9 Å². The molecule has 10 rings (SSSR count). The van der Waals surface area contributed by atoms with Gasteiger partial charge in [0.15, 0.2) is 11.6 Å². The molecule has 16 nitrogen and oxygen atoms in total. The molecule has 4 fully saturated rings. The lowest BCUT2D eigenvalue weighted by molar-refractivity contribution is -0.0279. The highest BCUT2D eigenvalue weighted by atomic mass is 19.3. The van der Waals surface area contributed by atoms with Gasteiger partial charge in [-0.2, -0.15) is 19.9 Å². The quantitative estimate of drug-likeness (QED) is 0.156. The van der Waals surface area contributed by atoms with Crippen molar-refractivity contribution in [3.8, 4) is 11.9 Å². The number of para-hydroxylation sites is 4. The first kappa shape index (κ1) is 43.5. The van der Waals surface area contributed by atoms with Gasteiger partial charge >= 0.3 is 0 Å². The Kier molecular flexibility index (Phi) is 12.5. The van der Waals surface area contributed by atoms with E-state index >= 15 is 0 Å². The number of benzene rings is 2. The molecule has 0 N–H and O–H groups in total. The Morgan fingerprint density at radius 2 is 1.02 bits per heavy atom. The van der Waals surface area contributed by atoms with Gasteiger partial charge in [0.2, 0.25) is 11.9 Å². The van der Waals surface area contributed by atoms with Crippen LogP contribution >= 0.6 is 0 Å². The van der Waals surface area contributed by atoms with E-state index in [1.54, 1.807) is 48.5 Å². The van der Waals surface area contributed by atoms with Gasteiger partial charge in [0, 0.05) is 57.9 Å². The molecule has 4 aliphatic rings. The lowest BCUT2D eigenvalue weighted by Crippen LogP contribution is -2.49. The molecule has 4 aliphatic heterocycles. The fourth-order valence-corrected chi connectivity index (χ4v) is 8.51. The second-order valence-corrected chi connectivity index (χ2v) is 16.7. The fraction of sp³-hybridized carbons (Fsp3) is 0.500. The van der Waals surface area contributed by atoms with E-state index in [9.17, 15) is 17.6 Å². The van der Waals surface area contributed by atoms with Gasteiger partial charge in [-0.1, -0.05) is 24.3 Å². The number of fused-ring (bicyclic) bond motifs is 2. The van der Waals surface area contributed by atoms with Crippen molar-refractivity contribution in [1.29, 1.82) is 0 Å². The maximum atomic E-state index is 14.0. The molecule has 4 aromatic heterocycles. The van der Waals surface area contributed by atoms with Crippen LogP contribution in [-0.2, 0) is 18.9 Å². The lowest BCUT2D eigenvalue weighted by Gasteiger charge is -2.39. The maximum absolute atomic E-state index is 14.0. The molecular formula is C44H52F4N12O4. The summed E-state index contributed by atoms with van der Waals surface area (Å²) in [5.74, 6) is 2.42. The maximum Gasteiger partial charge on any atom is 0.296 e. The number of imidazole rings is 2. The molecule has 4 saturated heterocycles. The summed E-state index contributed by atoms with van der Waals surface area (Å²) < 4.78 is 81.2. The number of hydrogen-bond acceptors (Lipinski definition) is 14. The largest absolute Gasteiger partial charge is 0.378 e. The summed E-state index contributed by atoms with van der Waals surface area (Å²) in [4.78, 5) is 35.8. The Morgan fingerprint density at radius 1 is 0.562 bits per heavy atom. The first-order valence-electron chi connectivity index (χ1n) is 21.7. The SMILES string of the molecule is CC1(C)CN(c2cc(N3CCOCC3)nc(-n3c(C(F)F)nc4ccccc43)n2)CCO1.C[C@@H]1OCCN(c2cc(N3CCOCC3)nc(-n3c(C(F)F)nc4ccccc43)n2)[C@H]1C. The zero-order chi connectivity index (χ0) is 44.5. The third kappa shape index (κ3) is 9.00. The third-order valence-electron chi connectivity index (χ3n) is 11.9. The Hall–Kier alpha value is -5.70. The number of nitrogens with zero attached hydrogens (tertiary/aromatic N) is 12. The van der Waals surface area contributed by atoms with E-state index in [4.69, 9.17) is 38.9 Å². The van der Waals surface area contributed by atoms with Gasteiger partial charge in [-0.3, -0.25) is 9.13 Å². The molecule has 340 valence electrons. The van der Waals surface area contributed by atoms with Crippen LogP contribution in [-0.4, -0.2) is 142 Å². The molecule has 6 aromatic rings. The number of morpholine rings is 4. The van der Waals surface area contributed by atoms with Crippen molar-refractivity contribution < 1.29 is 36.5 Å². The third-order valence-corrected chi connectivity index (χ3v) is 11.9. The summed E-state index contributed by atoms with van der Waals surface area (Å²) in [5.41, 5.74) is 1.74. The van der Waals surface area contributed by atoms with Gasteiger partial charge in [0.1, 0.15) is 23.3 Å². The number of alkyl halides is 4. The van der Waals surface area contributed by atoms with Crippen LogP contribution in [0.5, 0.6) is 0 Å². The summed E-state index contributed by atoms with van der Waals surface area (Å²) in [6.45, 7) is 16.4. The van der Waals surface area contributed by atoms with E-state index in [1.165, 1.54) is 9.13 Å². The number of aromatic nitrogens is 8. The van der Waals surface area contributed by atoms with E-state index in [0.29, 0.717) is 131 Å². The Morgan fingerprint density at radius 3 is 1.52 bits per heavy atom. The first-order valence-corrected chi connectivity index (χ1v) is 21.7. The molecule has 0 aliphatic carbocycles. The first-order chi connectivity index (χ1) is 30.9. The lowest BCUT2D eigenvalue weighted by atomic mass is 10.1. The van der Waals surface area contributed by atoms with Crippen LogP contribution in [0.15, 0.2) is 60.7 Å². The van der Waals surface area contributed by atoms with Gasteiger partial charge in [-0.05, 0) is 52.0 Å². The molecule has 20 heteroatoms. The van der Waals surface area contributed by atoms with Crippen LogP contribution in [0.3, 0.4) is 0 Å². The van der Waals surface area contributed by atoms with Gasteiger partial charge < -0.3 is 38.5 Å². The zero-order valence-electron chi connectivity index (χ0n) is 36.3. The number of ether oxygens (including phenoxy) is 4. The number of hydrogen-bond donors (Lipinski definition) is 0. The normalized spacial score (nSPS) is 20.7. The smallest absolute Gasteiger partial charge is 0.296 e. The van der Waals surface area contributed by atoms with Crippen molar-refractivity contribution in [3.05, 3.63) is 72.3 Å². The van der Waals surface area contributed by atoms with Crippen molar-refractivity contribution in [2.75, 3.05) is 105 Å². The highest BCUT2D eigenvalue weighted by molar-refractivity contribution is 5.79. The molecule has 0 radical (unpaired) electrons. The summed E-state index contributed by atoms with van der Waals surface area (Å²) in [7, 11) is 0. The average molecular weight is 889 g/mol. The summed E-state index contributed by atoms with van der Waals surface area (Å²) in [6.07, 6.45) is -5.49. The molecule has 64 heavy (non-hydrogen) atoms. The minimum Gasteiger partial charge on any atom is -0.378 e. The Labute approximate surface area is 367 Å². The molecule has 0 saturated carbocycles. The minimum absolute atomic E-state index is 0.0275. The highest BCUT2D eigenvalue weighted by Crippen LogP contribution is 2.33. The van der Waals surface area contributed by atoms with E-state index in [-0.39, 0.29) is 41.3 Å². The van der Waals surface area contributed by atoms with Crippen LogP contribution < -0.4 is 19.6 Å². The van der Waals surface area contributed by atoms with Crippen LogP contribution in [0.2, 0.25) is 0 Å². The highest BCUT2D eigenvalue weighted by Gasteiger charge is 2.32. The van der Waals surface area contributed by atoms with E-state index in [1.807, 2.05) is 32.9 Å². The van der Waals surface area contributed by atoms with E-state index in [2.05, 4.69) is 36.5 Å². The molecule has 2 aromatic carbocycles. The summed E-state index contributed by atoms with van der Waals surface area (Å²) in [6, 6.07) is 18.1. The predicted octanol–water partition coefficient (Wildman–Crippen LogP) is 6.41. The van der Waals surface area contributed by atoms with Crippen LogP contribution in [0, 0.1) is 0 Å². The molecule has 0 bridgehead atoms. The topological polar surface area (TPSA) is 137 Å². The average Bonchev–Trinajstić information content (AvgIpc) is 3.91. The van der Waals surface area contributed by atoms with Crippen molar-refractivity contribution in [2.24, 2.45) is 0 Å². The van der Waals surface area contributed by atoms with E-state index < -0.39 is 12.9 Å². The van der Waals surface area contributed by atoms with Gasteiger partial charge in [-0.25, -0.2) is 27.5 Å². The molecule has 0 spiro atoms. The zero-order valence-corrected chi connectivity index (χ0v) is 36.3. The van der Waals surface area contributed by atoms with Crippen LogP contribution in [0.1, 0.15) is 52.2 Å². The Bertz CT molecular complexity index is 2560. The number of halogens is 4. The molecule has 8 heterocycles. The predicted molar refractivity (Wildman–Crippen MR) is 234 cm³/mol. The number of rotatable bonds is 8. The second kappa shape index (κ2) is 18.4. The van der Waals surface area contributed by atoms with Crippen LogP contribution in [0.25, 0.3) is 34.0 Å². The minimum atomic E-state index is -2.76. The van der Waals surface area contributed by atoms with Crippen molar-refractivity contribution in [1.82, 2.24) is 39.0 Å². The standard InChI is InChI=1S/2C22H26F2N6O2/c1-22(2)14-29(9-12-32-22)18-13-17(28-7-10-31-11-8-28)26-21(27-18)30-16-6-4-3-5-15(16)25-20(30)19(23)24;1-14-15(2)32-12-9-29(14)19-13-18(28-7-10-31-11-8-28)26-22(27-19)30-17-6-4-3-5-16(17)25-21(30)20(23)24/h3-6,13,19H,7-12,14H2,1-2H3;3-6,13-15,20H,7-12H2,1-2H3/t;14-,15-/m.0/s1. The monoisotopic (exact) mass is 888 g/mol. The van der Waals surface area contributed by atoms with Gasteiger partial charge in [-0.15, -0.1) is 0 Å².